The third-order valence-electron chi connectivity index (χ3n) is 4.76. The maximum atomic E-state index is 12.3. The van der Waals surface area contributed by atoms with E-state index in [1.165, 1.54) is 43.6 Å². The summed E-state index contributed by atoms with van der Waals surface area (Å²) >= 11 is 3.24. The standard InChI is InChI=1S/C17H23N5OS2/c23-17(18-7-9-24-16-10-19-21-20-16)15-6-5-14(25-15)13-2-1-8-22(13)11-12-3-4-12/h5-6,10,12-13H,1-4,7-9,11H2,(H,18,23)(H,19,20,21)/t13-/m0/s1. The number of aromatic nitrogens is 3. The van der Waals surface area contributed by atoms with Crippen LogP contribution < -0.4 is 5.32 Å². The van der Waals surface area contributed by atoms with Crippen LogP contribution in [0.25, 0.3) is 0 Å². The number of nitrogens with one attached hydrogen (secondary N) is 2. The van der Waals surface area contributed by atoms with Crippen molar-refractivity contribution in [3.8, 4) is 0 Å². The van der Waals surface area contributed by atoms with Gasteiger partial charge in [-0.25, -0.2) is 0 Å². The number of amides is 1. The minimum atomic E-state index is 0.0312. The first kappa shape index (κ1) is 17.1. The van der Waals surface area contributed by atoms with E-state index in [0.29, 0.717) is 12.6 Å². The molecule has 2 aliphatic rings. The Hall–Kier alpha value is -1.38. The van der Waals surface area contributed by atoms with E-state index in [-0.39, 0.29) is 5.91 Å². The Morgan fingerprint density at radius 1 is 1.40 bits per heavy atom. The minimum absolute atomic E-state index is 0.0312. The fourth-order valence-corrected chi connectivity index (χ4v) is 5.06. The van der Waals surface area contributed by atoms with Crippen LogP contribution in [-0.2, 0) is 0 Å². The molecule has 0 bridgehead atoms. The van der Waals surface area contributed by atoms with Gasteiger partial charge in [0.25, 0.3) is 5.91 Å². The molecule has 1 saturated heterocycles. The van der Waals surface area contributed by atoms with Gasteiger partial charge in [0.1, 0.15) is 5.03 Å². The molecular formula is C17H23N5OS2. The molecule has 134 valence electrons. The normalized spacial score (nSPS) is 20.9. The maximum Gasteiger partial charge on any atom is 0.261 e. The molecule has 25 heavy (non-hydrogen) atoms. The highest BCUT2D eigenvalue weighted by atomic mass is 32.2. The summed E-state index contributed by atoms with van der Waals surface area (Å²) < 4.78 is 0. The van der Waals surface area contributed by atoms with Crippen molar-refractivity contribution in [3.63, 3.8) is 0 Å². The predicted octanol–water partition coefficient (Wildman–Crippen LogP) is 2.94. The first-order valence-corrected chi connectivity index (χ1v) is 10.7. The van der Waals surface area contributed by atoms with Crippen molar-refractivity contribution >= 4 is 29.0 Å². The van der Waals surface area contributed by atoms with Gasteiger partial charge >= 0.3 is 0 Å². The zero-order valence-corrected chi connectivity index (χ0v) is 15.7. The second-order valence-electron chi connectivity index (χ2n) is 6.71. The van der Waals surface area contributed by atoms with E-state index in [9.17, 15) is 4.79 Å². The summed E-state index contributed by atoms with van der Waals surface area (Å²) in [5.41, 5.74) is 0. The van der Waals surface area contributed by atoms with Gasteiger partial charge < -0.3 is 5.32 Å². The van der Waals surface area contributed by atoms with E-state index in [1.54, 1.807) is 29.3 Å². The van der Waals surface area contributed by atoms with Gasteiger partial charge in [-0.2, -0.15) is 10.3 Å². The molecule has 0 unspecified atom stereocenters. The van der Waals surface area contributed by atoms with Crippen molar-refractivity contribution in [2.75, 3.05) is 25.4 Å². The molecule has 1 aliphatic carbocycles. The predicted molar refractivity (Wildman–Crippen MR) is 100 cm³/mol. The number of H-pyrrole nitrogens is 1. The Bertz CT molecular complexity index is 698. The molecule has 1 amide bonds. The molecule has 0 aromatic carbocycles. The molecule has 1 aliphatic heterocycles. The van der Waals surface area contributed by atoms with Crippen LogP contribution in [0.2, 0.25) is 0 Å². The monoisotopic (exact) mass is 377 g/mol. The first-order valence-electron chi connectivity index (χ1n) is 8.90. The lowest BCUT2D eigenvalue weighted by Gasteiger charge is -2.23. The summed E-state index contributed by atoms with van der Waals surface area (Å²) in [6.07, 6.45) is 6.98. The molecule has 0 spiro atoms. The van der Waals surface area contributed by atoms with Crippen LogP contribution in [0.4, 0.5) is 0 Å². The van der Waals surface area contributed by atoms with Gasteiger partial charge in [-0.05, 0) is 50.3 Å². The lowest BCUT2D eigenvalue weighted by atomic mass is 10.2. The summed E-state index contributed by atoms with van der Waals surface area (Å²) in [5, 5.41) is 14.2. The Kier molecular flexibility index (Phi) is 5.38. The average molecular weight is 378 g/mol. The van der Waals surface area contributed by atoms with Crippen LogP contribution in [0.3, 0.4) is 0 Å². The Morgan fingerprint density at radius 2 is 2.32 bits per heavy atom. The Labute approximate surface area is 155 Å². The highest BCUT2D eigenvalue weighted by Gasteiger charge is 2.32. The summed E-state index contributed by atoms with van der Waals surface area (Å²) in [7, 11) is 0. The number of thiophene rings is 1. The number of likely N-dealkylation sites (tertiary alicyclic amines) is 1. The zero-order chi connectivity index (χ0) is 17.1. The van der Waals surface area contributed by atoms with Gasteiger partial charge in [0.15, 0.2) is 0 Å². The molecule has 6 nitrogen and oxygen atoms in total. The summed E-state index contributed by atoms with van der Waals surface area (Å²) in [6, 6.07) is 4.66. The second kappa shape index (κ2) is 7.88. The van der Waals surface area contributed by atoms with Crippen LogP contribution in [0.15, 0.2) is 23.4 Å². The largest absolute Gasteiger partial charge is 0.350 e. The molecule has 1 saturated carbocycles. The summed E-state index contributed by atoms with van der Waals surface area (Å²) in [5.74, 6) is 1.74. The van der Waals surface area contributed by atoms with Gasteiger partial charge in [-0.15, -0.1) is 28.2 Å². The molecule has 2 N–H and O–H groups in total. The zero-order valence-electron chi connectivity index (χ0n) is 14.1. The number of hydrogen-bond donors (Lipinski definition) is 2. The maximum absolute atomic E-state index is 12.3. The highest BCUT2D eigenvalue weighted by Crippen LogP contribution is 2.39. The molecular weight excluding hydrogens is 354 g/mol. The number of aromatic amines is 1. The van der Waals surface area contributed by atoms with Crippen molar-refractivity contribution < 1.29 is 4.79 Å². The molecule has 0 radical (unpaired) electrons. The number of hydrogen-bond acceptors (Lipinski definition) is 6. The van der Waals surface area contributed by atoms with Crippen molar-refractivity contribution in [1.82, 2.24) is 25.6 Å². The Balaban J connectivity index is 1.27. The molecule has 1 atom stereocenters. The summed E-state index contributed by atoms with van der Waals surface area (Å²) in [6.45, 7) is 3.07. The fourth-order valence-electron chi connectivity index (χ4n) is 3.32. The number of thioether (sulfide) groups is 1. The SMILES string of the molecule is O=C(NCCSc1cn[nH]n1)c1ccc([C@@H]2CCCN2CC2CC2)s1. The van der Waals surface area contributed by atoms with E-state index in [1.807, 2.05) is 6.07 Å². The summed E-state index contributed by atoms with van der Waals surface area (Å²) in [4.78, 5) is 17.1. The van der Waals surface area contributed by atoms with Crippen LogP contribution >= 0.6 is 23.1 Å². The molecule has 2 aromatic heterocycles. The van der Waals surface area contributed by atoms with Gasteiger partial charge in [0.2, 0.25) is 0 Å². The number of carbonyl (C=O) groups excluding carboxylic acids is 1. The third-order valence-corrected chi connectivity index (χ3v) is 6.85. The second-order valence-corrected chi connectivity index (χ2v) is 8.94. The highest BCUT2D eigenvalue weighted by molar-refractivity contribution is 7.99. The van der Waals surface area contributed by atoms with Gasteiger partial charge in [0, 0.05) is 29.8 Å². The van der Waals surface area contributed by atoms with E-state index >= 15 is 0 Å². The van der Waals surface area contributed by atoms with Crippen LogP contribution in [0, 0.1) is 5.92 Å². The molecule has 3 heterocycles. The third kappa shape index (κ3) is 4.43. The minimum Gasteiger partial charge on any atom is -0.350 e. The van der Waals surface area contributed by atoms with E-state index in [2.05, 4.69) is 31.7 Å². The molecule has 2 aromatic rings. The number of carbonyl (C=O) groups is 1. The van der Waals surface area contributed by atoms with Crippen LogP contribution in [0.5, 0.6) is 0 Å². The van der Waals surface area contributed by atoms with E-state index < -0.39 is 0 Å². The van der Waals surface area contributed by atoms with Crippen LogP contribution in [0.1, 0.15) is 46.3 Å². The lowest BCUT2D eigenvalue weighted by molar-refractivity contribution is 0.0960. The number of nitrogens with zero attached hydrogens (tertiary/aromatic N) is 3. The molecule has 2 fully saturated rings. The lowest BCUT2D eigenvalue weighted by Crippen LogP contribution is -2.25. The molecule has 4 rings (SSSR count). The van der Waals surface area contributed by atoms with Crippen LogP contribution in [-0.4, -0.2) is 51.6 Å². The van der Waals surface area contributed by atoms with Gasteiger partial charge in [-0.1, -0.05) is 0 Å². The number of rotatable bonds is 8. The van der Waals surface area contributed by atoms with Crippen molar-refractivity contribution in [1.29, 1.82) is 0 Å². The van der Waals surface area contributed by atoms with Crippen molar-refractivity contribution in [2.45, 2.75) is 36.8 Å². The topological polar surface area (TPSA) is 73.9 Å². The van der Waals surface area contributed by atoms with Gasteiger partial charge in [-0.3, -0.25) is 9.69 Å². The van der Waals surface area contributed by atoms with Crippen molar-refractivity contribution in [3.05, 3.63) is 28.1 Å². The van der Waals surface area contributed by atoms with Gasteiger partial charge in [0.05, 0.1) is 11.1 Å². The average Bonchev–Trinajstić information content (AvgIpc) is 3.04. The first-order chi connectivity index (χ1) is 12.3. The van der Waals surface area contributed by atoms with E-state index in [4.69, 9.17) is 0 Å². The molecule has 8 heteroatoms. The fraction of sp³-hybridized carbons (Fsp3) is 0.588. The van der Waals surface area contributed by atoms with E-state index in [0.717, 1.165) is 21.6 Å². The quantitative estimate of drug-likeness (QED) is 0.547. The Morgan fingerprint density at radius 3 is 3.12 bits per heavy atom. The smallest absolute Gasteiger partial charge is 0.261 e. The van der Waals surface area contributed by atoms with Crippen molar-refractivity contribution in [2.24, 2.45) is 5.92 Å².